The largest absolute Gasteiger partial charge is 0.319 e. The average molecular weight is 260 g/mol. The molecule has 1 saturated heterocycles. The van der Waals surface area contributed by atoms with E-state index in [2.05, 4.69) is 15.2 Å². The van der Waals surface area contributed by atoms with Crippen LogP contribution >= 0.6 is 22.9 Å². The Morgan fingerprint density at radius 1 is 1.69 bits per heavy atom. The lowest BCUT2D eigenvalue weighted by Crippen LogP contribution is -2.38. The molecule has 1 fully saturated rings. The number of rotatable bonds is 4. The zero-order valence-electron chi connectivity index (χ0n) is 9.58. The molecule has 0 amide bonds. The van der Waals surface area contributed by atoms with Gasteiger partial charge in [0.25, 0.3) is 0 Å². The minimum Gasteiger partial charge on any atom is -0.319 e. The maximum Gasteiger partial charge on any atom is 0.113 e. The van der Waals surface area contributed by atoms with Gasteiger partial charge in [0.1, 0.15) is 9.34 Å². The number of nitrogens with one attached hydrogen (secondary N) is 1. The van der Waals surface area contributed by atoms with Crippen molar-refractivity contribution < 1.29 is 0 Å². The molecule has 1 unspecified atom stereocenters. The molecule has 1 aromatic rings. The predicted molar refractivity (Wildman–Crippen MR) is 69.1 cm³/mol. The molecule has 1 N–H and O–H groups in total. The fraction of sp³-hybridized carbons (Fsp3) is 0.727. The lowest BCUT2D eigenvalue weighted by atomic mass is 9.98. The zero-order valence-corrected chi connectivity index (χ0v) is 11.2. The number of nitrogens with zero attached hydrogens (tertiary/aromatic N) is 2. The number of likely N-dealkylation sites (tertiary alicyclic amines) is 1. The van der Waals surface area contributed by atoms with Crippen LogP contribution in [0.2, 0.25) is 4.34 Å². The van der Waals surface area contributed by atoms with E-state index in [0.717, 1.165) is 28.4 Å². The van der Waals surface area contributed by atoms with E-state index in [4.69, 9.17) is 11.6 Å². The molecule has 2 heterocycles. The van der Waals surface area contributed by atoms with Gasteiger partial charge >= 0.3 is 0 Å². The third-order valence-corrected chi connectivity index (χ3v) is 4.08. The lowest BCUT2D eigenvalue weighted by molar-refractivity contribution is 0.166. The topological polar surface area (TPSA) is 28.2 Å². The predicted octanol–water partition coefficient (Wildman–Crippen LogP) is 2.23. The standard InChI is InChI=1S/C11H18ClN3S/c1-13-5-9-3-2-4-15(7-9)8-11-14-6-10(12)16-11/h6,9,13H,2-5,7-8H2,1H3. The van der Waals surface area contributed by atoms with Gasteiger partial charge in [-0.1, -0.05) is 11.6 Å². The van der Waals surface area contributed by atoms with Crippen molar-refractivity contribution in [2.24, 2.45) is 5.92 Å². The van der Waals surface area contributed by atoms with Gasteiger partial charge in [-0.05, 0) is 38.9 Å². The maximum atomic E-state index is 5.88. The van der Waals surface area contributed by atoms with E-state index in [1.165, 1.54) is 25.9 Å². The highest BCUT2D eigenvalue weighted by atomic mass is 35.5. The van der Waals surface area contributed by atoms with Crippen LogP contribution < -0.4 is 5.32 Å². The maximum absolute atomic E-state index is 5.88. The highest BCUT2D eigenvalue weighted by Crippen LogP contribution is 2.22. The number of thiazole rings is 1. The minimum absolute atomic E-state index is 0.786. The number of halogens is 1. The molecule has 90 valence electrons. The summed E-state index contributed by atoms with van der Waals surface area (Å²) in [5.41, 5.74) is 0. The third kappa shape index (κ3) is 3.42. The van der Waals surface area contributed by atoms with Crippen LogP contribution in [0.15, 0.2) is 6.20 Å². The summed E-state index contributed by atoms with van der Waals surface area (Å²) in [5, 5.41) is 4.40. The molecule has 1 aliphatic rings. The van der Waals surface area contributed by atoms with Crippen molar-refractivity contribution in [1.82, 2.24) is 15.2 Å². The molecular formula is C11H18ClN3S. The molecule has 0 radical (unpaired) electrons. The van der Waals surface area contributed by atoms with Crippen molar-refractivity contribution in [1.29, 1.82) is 0 Å². The fourth-order valence-corrected chi connectivity index (χ4v) is 3.30. The van der Waals surface area contributed by atoms with E-state index in [0.29, 0.717) is 0 Å². The van der Waals surface area contributed by atoms with Gasteiger partial charge in [-0.15, -0.1) is 11.3 Å². The first-order valence-electron chi connectivity index (χ1n) is 5.75. The van der Waals surface area contributed by atoms with Crippen molar-refractivity contribution in [3.8, 4) is 0 Å². The third-order valence-electron chi connectivity index (χ3n) is 2.98. The van der Waals surface area contributed by atoms with Crippen molar-refractivity contribution in [2.75, 3.05) is 26.7 Å². The van der Waals surface area contributed by atoms with Gasteiger partial charge in [-0.3, -0.25) is 4.90 Å². The summed E-state index contributed by atoms with van der Waals surface area (Å²) in [6, 6.07) is 0. The fourth-order valence-electron chi connectivity index (χ4n) is 2.30. The first kappa shape index (κ1) is 12.3. The van der Waals surface area contributed by atoms with E-state index in [1.54, 1.807) is 17.5 Å². The second-order valence-corrected chi connectivity index (χ2v) is 6.11. The molecule has 3 nitrogen and oxygen atoms in total. The van der Waals surface area contributed by atoms with Crippen LogP contribution in [0.25, 0.3) is 0 Å². The van der Waals surface area contributed by atoms with Crippen LogP contribution in [0.1, 0.15) is 17.8 Å². The minimum atomic E-state index is 0.786. The van der Waals surface area contributed by atoms with Crippen LogP contribution in [0.5, 0.6) is 0 Å². The van der Waals surface area contributed by atoms with Crippen molar-refractivity contribution >= 4 is 22.9 Å². The number of hydrogen-bond acceptors (Lipinski definition) is 4. The monoisotopic (exact) mass is 259 g/mol. The van der Waals surface area contributed by atoms with Gasteiger partial charge in [0.15, 0.2) is 0 Å². The second-order valence-electron chi connectivity index (χ2n) is 4.36. The summed E-state index contributed by atoms with van der Waals surface area (Å²) < 4.78 is 0.791. The average Bonchev–Trinajstić information content (AvgIpc) is 2.65. The molecule has 5 heteroatoms. The molecule has 0 bridgehead atoms. The summed E-state index contributed by atoms with van der Waals surface area (Å²) in [5.74, 6) is 0.786. The molecular weight excluding hydrogens is 242 g/mol. The van der Waals surface area contributed by atoms with Crippen LogP contribution in [0, 0.1) is 5.92 Å². The van der Waals surface area contributed by atoms with E-state index in [9.17, 15) is 0 Å². The van der Waals surface area contributed by atoms with Gasteiger partial charge in [-0.25, -0.2) is 4.98 Å². The van der Waals surface area contributed by atoms with Gasteiger partial charge in [0, 0.05) is 6.54 Å². The SMILES string of the molecule is CNCC1CCCN(Cc2ncc(Cl)s2)C1. The van der Waals surface area contributed by atoms with Crippen LogP contribution in [-0.4, -0.2) is 36.6 Å². The number of piperidine rings is 1. The van der Waals surface area contributed by atoms with Crippen molar-refractivity contribution in [2.45, 2.75) is 19.4 Å². The molecule has 0 aliphatic carbocycles. The molecule has 0 spiro atoms. The normalized spacial score (nSPS) is 22.5. The smallest absolute Gasteiger partial charge is 0.113 e. The van der Waals surface area contributed by atoms with E-state index in [1.807, 2.05) is 7.05 Å². The Morgan fingerprint density at radius 2 is 2.56 bits per heavy atom. The van der Waals surface area contributed by atoms with Gasteiger partial charge in [0.2, 0.25) is 0 Å². The highest BCUT2D eigenvalue weighted by Gasteiger charge is 2.19. The Bertz CT molecular complexity index is 327. The second kappa shape index (κ2) is 5.96. The Kier molecular flexibility index (Phi) is 4.58. The van der Waals surface area contributed by atoms with Crippen LogP contribution in [0.4, 0.5) is 0 Å². The van der Waals surface area contributed by atoms with Gasteiger partial charge in [0.05, 0.1) is 12.7 Å². The summed E-state index contributed by atoms with van der Waals surface area (Å²) in [4.78, 5) is 6.80. The number of aromatic nitrogens is 1. The molecule has 0 aromatic carbocycles. The van der Waals surface area contributed by atoms with E-state index >= 15 is 0 Å². The van der Waals surface area contributed by atoms with E-state index < -0.39 is 0 Å². The van der Waals surface area contributed by atoms with Crippen molar-refractivity contribution in [3.05, 3.63) is 15.5 Å². The lowest BCUT2D eigenvalue weighted by Gasteiger charge is -2.31. The molecule has 0 saturated carbocycles. The van der Waals surface area contributed by atoms with Crippen LogP contribution in [0.3, 0.4) is 0 Å². The number of hydrogen-bond donors (Lipinski definition) is 1. The molecule has 1 atom stereocenters. The zero-order chi connectivity index (χ0) is 11.4. The molecule has 2 rings (SSSR count). The van der Waals surface area contributed by atoms with E-state index in [-0.39, 0.29) is 0 Å². The first-order valence-corrected chi connectivity index (χ1v) is 6.94. The molecule has 1 aliphatic heterocycles. The molecule has 1 aromatic heterocycles. The van der Waals surface area contributed by atoms with Crippen molar-refractivity contribution in [3.63, 3.8) is 0 Å². The Balaban J connectivity index is 1.85. The summed E-state index contributed by atoms with van der Waals surface area (Å²) in [7, 11) is 2.03. The van der Waals surface area contributed by atoms with Crippen LogP contribution in [-0.2, 0) is 6.54 Å². The van der Waals surface area contributed by atoms with Gasteiger partial charge < -0.3 is 5.32 Å². The summed E-state index contributed by atoms with van der Waals surface area (Å²) in [6.07, 6.45) is 4.39. The summed E-state index contributed by atoms with van der Waals surface area (Å²) >= 11 is 7.48. The van der Waals surface area contributed by atoms with Gasteiger partial charge in [-0.2, -0.15) is 0 Å². The quantitative estimate of drug-likeness (QED) is 0.899. The molecule has 16 heavy (non-hydrogen) atoms. The highest BCUT2D eigenvalue weighted by molar-refractivity contribution is 7.15. The summed E-state index contributed by atoms with van der Waals surface area (Å²) in [6.45, 7) is 4.45. The Hall–Kier alpha value is -0.160. The Morgan fingerprint density at radius 3 is 3.25 bits per heavy atom. The first-order chi connectivity index (χ1) is 7.78. The Labute approximate surface area is 106 Å².